The lowest BCUT2D eigenvalue weighted by atomic mass is 10.0. The number of H-pyrrole nitrogens is 2. The molecular formula is C36H69N3+2. The Bertz CT molecular complexity index is 757. The molecule has 0 saturated heterocycles. The fourth-order valence-corrected chi connectivity index (χ4v) is 2.77. The summed E-state index contributed by atoms with van der Waals surface area (Å²) in [5.74, 6) is 4.71. The lowest BCUT2D eigenvalue weighted by Gasteiger charge is -2.02. The van der Waals surface area contributed by atoms with Crippen LogP contribution < -0.4 is 9.98 Å². The number of rotatable bonds is 5. The molecule has 1 aliphatic heterocycles. The van der Waals surface area contributed by atoms with Crippen LogP contribution in [0.1, 0.15) is 122 Å². The Hall–Kier alpha value is -2.16. The predicted molar refractivity (Wildman–Crippen MR) is 177 cm³/mol. The number of aromatic amines is 2. The molecule has 1 aromatic carbocycles. The molecule has 0 spiro atoms. The molecule has 3 nitrogen and oxygen atoms in total. The maximum absolute atomic E-state index is 3.11. The first kappa shape index (κ1) is 41.3. The lowest BCUT2D eigenvalue weighted by Crippen LogP contribution is -2.58. The molecule has 3 N–H and O–H groups in total. The maximum Gasteiger partial charge on any atom is 0.239 e. The summed E-state index contributed by atoms with van der Waals surface area (Å²) in [5, 5.41) is 0. The van der Waals surface area contributed by atoms with E-state index in [1.165, 1.54) is 23.3 Å². The molecule has 226 valence electrons. The summed E-state index contributed by atoms with van der Waals surface area (Å²) in [4.78, 5) is 9.16. The van der Waals surface area contributed by atoms with Crippen LogP contribution in [0.15, 0.2) is 54.6 Å². The van der Waals surface area contributed by atoms with Gasteiger partial charge in [0.15, 0.2) is 6.20 Å². The molecule has 39 heavy (non-hydrogen) atoms. The second-order valence-electron chi connectivity index (χ2n) is 13.5. The molecule has 2 aromatic rings. The zero-order valence-electron chi connectivity index (χ0n) is 28.8. The fraction of sp³-hybridized carbons (Fsp3) is 0.667. The Morgan fingerprint density at radius 1 is 0.667 bits per heavy atom. The largest absolute Gasteiger partial charge is 0.250 e. The summed E-state index contributed by atoms with van der Waals surface area (Å²) < 4.78 is 0. The van der Waals surface area contributed by atoms with Gasteiger partial charge in [0.2, 0.25) is 6.33 Å². The first-order valence-corrected chi connectivity index (χ1v) is 15.4. The van der Waals surface area contributed by atoms with E-state index >= 15 is 0 Å². The highest BCUT2D eigenvalue weighted by molar-refractivity contribution is 5.57. The van der Waals surface area contributed by atoms with Crippen LogP contribution in [0.3, 0.4) is 0 Å². The third-order valence-electron chi connectivity index (χ3n) is 4.18. The van der Waals surface area contributed by atoms with E-state index in [2.05, 4.69) is 162 Å². The summed E-state index contributed by atoms with van der Waals surface area (Å²) >= 11 is 0. The number of allylic oxidation sites excluding steroid dienone is 1. The minimum Gasteiger partial charge on any atom is -0.250 e. The Balaban J connectivity index is -0.000000418. The Morgan fingerprint density at radius 2 is 1.13 bits per heavy atom. The van der Waals surface area contributed by atoms with E-state index in [0.29, 0.717) is 5.92 Å². The van der Waals surface area contributed by atoms with Crippen LogP contribution >= 0.6 is 0 Å². The zero-order valence-corrected chi connectivity index (χ0v) is 28.8. The van der Waals surface area contributed by atoms with Crippen molar-refractivity contribution in [1.29, 1.82) is 0 Å². The average Bonchev–Trinajstić information content (AvgIpc) is 3.48. The summed E-state index contributed by atoms with van der Waals surface area (Å²) in [5.41, 5.74) is 4.23. The Morgan fingerprint density at radius 3 is 1.41 bits per heavy atom. The number of benzene rings is 1. The Labute approximate surface area is 245 Å². The molecule has 0 saturated carbocycles. The quantitative estimate of drug-likeness (QED) is 0.378. The van der Waals surface area contributed by atoms with E-state index in [1.54, 1.807) is 0 Å². The normalized spacial score (nSPS) is 11.5. The van der Waals surface area contributed by atoms with Gasteiger partial charge in [-0.25, -0.2) is 9.98 Å². The van der Waals surface area contributed by atoms with Crippen molar-refractivity contribution in [2.24, 2.45) is 35.5 Å². The van der Waals surface area contributed by atoms with Gasteiger partial charge in [0.1, 0.15) is 18.1 Å². The number of imidazole rings is 1. The maximum atomic E-state index is 3.11. The van der Waals surface area contributed by atoms with Crippen LogP contribution in [0.4, 0.5) is 0 Å². The minimum absolute atomic E-state index is 0.709. The fourth-order valence-electron chi connectivity index (χ4n) is 2.77. The first-order chi connectivity index (χ1) is 18.1. The van der Waals surface area contributed by atoms with Gasteiger partial charge in [-0.15, -0.1) is 0 Å². The third-order valence-corrected chi connectivity index (χ3v) is 4.18. The average molecular weight is 544 g/mol. The standard InChI is InChI=1S/C10H14.C7H12N2.C7H11N.3C4H10/c1-9(2)8-10-6-4-3-5-7-10;1-6(2)3-7-4-8-5-9-7;1-6(2)7-3-4-8-5-7;3*1-4(2)3/h3-7,9H,8H2,1-2H3;4-6H,3H2,1-2H3,(H,8,9);4-6H,3H2,1-2H3;3*4H,1-3H3/p+2. The molecule has 0 aliphatic carbocycles. The molecular weight excluding hydrogens is 474 g/mol. The van der Waals surface area contributed by atoms with Gasteiger partial charge in [-0.2, -0.15) is 0 Å². The highest BCUT2D eigenvalue weighted by atomic mass is 14.9. The van der Waals surface area contributed by atoms with Crippen molar-refractivity contribution >= 4 is 6.21 Å². The molecule has 1 aromatic heterocycles. The van der Waals surface area contributed by atoms with Gasteiger partial charge in [-0.1, -0.05) is 134 Å². The highest BCUT2D eigenvalue weighted by Gasteiger charge is 2.08. The van der Waals surface area contributed by atoms with Crippen LogP contribution in [0.25, 0.3) is 0 Å². The van der Waals surface area contributed by atoms with Gasteiger partial charge in [0.05, 0.1) is 6.42 Å². The molecule has 0 bridgehead atoms. The smallest absolute Gasteiger partial charge is 0.239 e. The number of hydrogen-bond donors (Lipinski definition) is 2. The summed E-state index contributed by atoms with van der Waals surface area (Å²) in [6.07, 6.45) is 11.5. The SMILES string of the molecule is CC(C)C.CC(C)C.CC(C)C.CC(C)C1=C[NH+]=CC1.CC(C)Cc1c[nH+]c[nH]1.CC(C)Cc1ccccc1. The monoisotopic (exact) mass is 544 g/mol. The van der Waals surface area contributed by atoms with E-state index in [4.69, 9.17) is 0 Å². The minimum atomic E-state index is 0.709. The van der Waals surface area contributed by atoms with Crippen molar-refractivity contribution in [3.05, 3.63) is 65.9 Å². The van der Waals surface area contributed by atoms with Crippen LogP contribution in [-0.2, 0) is 12.8 Å². The second kappa shape index (κ2) is 27.4. The van der Waals surface area contributed by atoms with Gasteiger partial charge in [-0.3, -0.25) is 4.98 Å². The van der Waals surface area contributed by atoms with Gasteiger partial charge >= 0.3 is 0 Å². The van der Waals surface area contributed by atoms with Gasteiger partial charge in [-0.05, 0) is 47.5 Å². The molecule has 0 radical (unpaired) electrons. The molecule has 0 fully saturated rings. The number of aromatic nitrogens is 2. The van der Waals surface area contributed by atoms with Crippen LogP contribution in [0, 0.1) is 35.5 Å². The zero-order chi connectivity index (χ0) is 30.8. The highest BCUT2D eigenvalue weighted by Crippen LogP contribution is 2.10. The van der Waals surface area contributed by atoms with Crippen molar-refractivity contribution in [1.82, 2.24) is 4.98 Å². The first-order valence-electron chi connectivity index (χ1n) is 15.4. The molecule has 0 amide bonds. The molecule has 0 unspecified atom stereocenters. The summed E-state index contributed by atoms with van der Waals surface area (Å²) in [6, 6.07) is 10.6. The van der Waals surface area contributed by atoms with E-state index in [-0.39, 0.29) is 0 Å². The number of nitrogens with one attached hydrogen (secondary N) is 3. The molecule has 1 aliphatic rings. The van der Waals surface area contributed by atoms with Crippen LogP contribution in [0.5, 0.6) is 0 Å². The molecule has 3 rings (SSSR count). The summed E-state index contributed by atoms with van der Waals surface area (Å²) in [6.45, 7) is 32.8. The van der Waals surface area contributed by atoms with Gasteiger partial charge in [0.25, 0.3) is 0 Å². The van der Waals surface area contributed by atoms with E-state index in [9.17, 15) is 0 Å². The van der Waals surface area contributed by atoms with Crippen molar-refractivity contribution in [3.8, 4) is 0 Å². The predicted octanol–water partition coefficient (Wildman–Crippen LogP) is 8.98. The molecule has 2 heterocycles. The lowest BCUT2D eigenvalue weighted by molar-refractivity contribution is -0.376. The third kappa shape index (κ3) is 40.5. The molecule has 3 heteroatoms. The van der Waals surface area contributed by atoms with Crippen LogP contribution in [0.2, 0.25) is 0 Å². The van der Waals surface area contributed by atoms with Crippen molar-refractivity contribution in [3.63, 3.8) is 0 Å². The van der Waals surface area contributed by atoms with Crippen molar-refractivity contribution < 1.29 is 9.98 Å². The van der Waals surface area contributed by atoms with E-state index in [1.807, 2.05) is 12.5 Å². The summed E-state index contributed by atoms with van der Waals surface area (Å²) in [7, 11) is 0. The van der Waals surface area contributed by atoms with Crippen LogP contribution in [-0.4, -0.2) is 11.2 Å². The van der Waals surface area contributed by atoms with Crippen molar-refractivity contribution in [2.75, 3.05) is 0 Å². The van der Waals surface area contributed by atoms with E-state index < -0.39 is 0 Å². The van der Waals surface area contributed by atoms with Gasteiger partial charge < -0.3 is 0 Å². The van der Waals surface area contributed by atoms with Gasteiger partial charge in [0, 0.05) is 12.0 Å². The number of hydrogen-bond acceptors (Lipinski definition) is 0. The Kier molecular flexibility index (Phi) is 29.0. The molecule has 0 atom stereocenters. The second-order valence-corrected chi connectivity index (χ2v) is 13.5. The van der Waals surface area contributed by atoms with Crippen molar-refractivity contribution in [2.45, 2.75) is 123 Å². The topological polar surface area (TPSA) is 43.9 Å². The van der Waals surface area contributed by atoms with E-state index in [0.717, 1.165) is 42.4 Å².